The van der Waals surface area contributed by atoms with Gasteiger partial charge in [-0.1, -0.05) is 0 Å². The maximum absolute atomic E-state index is 11.9. The molecule has 0 aromatic carbocycles. The minimum absolute atomic E-state index is 0.0609. The Kier molecular flexibility index (Phi) is 5.15. The zero-order valence-corrected chi connectivity index (χ0v) is 11.2. The van der Waals surface area contributed by atoms with Crippen LogP contribution in [0.4, 0.5) is 0 Å². The van der Waals surface area contributed by atoms with Crippen LogP contribution in [0.15, 0.2) is 18.3 Å². The Bertz CT molecular complexity index is 400. The van der Waals surface area contributed by atoms with Gasteiger partial charge in [0.15, 0.2) is 6.61 Å². The average Bonchev–Trinajstić information content (AvgIpc) is 2.47. The topological polar surface area (TPSA) is 68.5 Å². The summed E-state index contributed by atoms with van der Waals surface area (Å²) in [4.78, 5) is 18.0. The number of aromatic nitrogens is 1. The molecule has 0 aliphatic carbocycles. The summed E-state index contributed by atoms with van der Waals surface area (Å²) >= 11 is 0. The molecule has 0 radical (unpaired) electrons. The molecule has 2 heterocycles. The normalized spacial score (nSPS) is 15.3. The number of pyridine rings is 1. The van der Waals surface area contributed by atoms with Crippen molar-refractivity contribution in [2.45, 2.75) is 25.7 Å². The van der Waals surface area contributed by atoms with E-state index in [-0.39, 0.29) is 12.5 Å². The predicted octanol–water partition coefficient (Wildman–Crippen LogP) is 0.974. The fraction of sp³-hybridized carbons (Fsp3) is 0.571. The smallest absolute Gasteiger partial charge is 0.260 e. The predicted molar refractivity (Wildman–Crippen MR) is 72.9 cm³/mol. The van der Waals surface area contributed by atoms with E-state index >= 15 is 0 Å². The van der Waals surface area contributed by atoms with Gasteiger partial charge in [0.25, 0.3) is 5.91 Å². The van der Waals surface area contributed by atoms with Crippen LogP contribution >= 0.6 is 0 Å². The first-order valence-corrected chi connectivity index (χ1v) is 6.85. The lowest BCUT2D eigenvalue weighted by Gasteiger charge is -2.26. The van der Waals surface area contributed by atoms with Crippen LogP contribution in [0.2, 0.25) is 0 Å². The number of nitrogens with two attached hydrogens (primary N) is 1. The van der Waals surface area contributed by atoms with E-state index in [0.29, 0.717) is 12.3 Å². The molecule has 5 heteroatoms. The first-order chi connectivity index (χ1) is 9.29. The summed E-state index contributed by atoms with van der Waals surface area (Å²) in [6.07, 6.45) is 5.82. The van der Waals surface area contributed by atoms with E-state index in [9.17, 15) is 4.79 Å². The van der Waals surface area contributed by atoms with Gasteiger partial charge in [0.1, 0.15) is 5.75 Å². The highest BCUT2D eigenvalue weighted by molar-refractivity contribution is 5.77. The van der Waals surface area contributed by atoms with Gasteiger partial charge in [-0.05, 0) is 37.9 Å². The van der Waals surface area contributed by atoms with E-state index in [1.807, 2.05) is 17.0 Å². The standard InChI is InChI=1S/C14H21N3O2/c15-7-6-12-4-5-13(10-16-12)19-11-14(18)17-8-2-1-3-9-17/h4-5,10H,1-3,6-9,11,15H2. The third kappa shape index (κ3) is 4.21. The third-order valence-corrected chi connectivity index (χ3v) is 3.27. The number of carbonyl (C=O) groups is 1. The van der Waals surface area contributed by atoms with E-state index in [1.54, 1.807) is 6.20 Å². The van der Waals surface area contributed by atoms with Crippen molar-refractivity contribution in [2.24, 2.45) is 5.73 Å². The molecule has 1 aliphatic rings. The molecule has 0 spiro atoms. The second-order valence-corrected chi connectivity index (χ2v) is 4.75. The van der Waals surface area contributed by atoms with Crippen molar-refractivity contribution in [3.8, 4) is 5.75 Å². The van der Waals surface area contributed by atoms with Gasteiger partial charge in [0.2, 0.25) is 0 Å². The summed E-state index contributed by atoms with van der Waals surface area (Å²) in [5, 5.41) is 0. The lowest BCUT2D eigenvalue weighted by atomic mass is 10.1. The highest BCUT2D eigenvalue weighted by Crippen LogP contribution is 2.11. The van der Waals surface area contributed by atoms with Gasteiger partial charge in [-0.2, -0.15) is 0 Å². The molecule has 2 rings (SSSR count). The molecule has 5 nitrogen and oxygen atoms in total. The van der Waals surface area contributed by atoms with Crippen LogP contribution in [-0.2, 0) is 11.2 Å². The van der Waals surface area contributed by atoms with Crippen molar-refractivity contribution in [1.82, 2.24) is 9.88 Å². The quantitative estimate of drug-likeness (QED) is 0.859. The molecule has 1 amide bonds. The lowest BCUT2D eigenvalue weighted by molar-refractivity contribution is -0.134. The zero-order valence-electron chi connectivity index (χ0n) is 11.2. The van der Waals surface area contributed by atoms with Crippen LogP contribution < -0.4 is 10.5 Å². The van der Waals surface area contributed by atoms with Crippen molar-refractivity contribution >= 4 is 5.91 Å². The van der Waals surface area contributed by atoms with Crippen LogP contribution in [-0.4, -0.2) is 42.0 Å². The Morgan fingerprint density at radius 2 is 2.11 bits per heavy atom. The molecule has 19 heavy (non-hydrogen) atoms. The minimum Gasteiger partial charge on any atom is -0.482 e. The molecule has 0 atom stereocenters. The highest BCUT2D eigenvalue weighted by atomic mass is 16.5. The maximum atomic E-state index is 11.9. The van der Waals surface area contributed by atoms with E-state index in [0.717, 1.165) is 38.0 Å². The minimum atomic E-state index is 0.0609. The number of carbonyl (C=O) groups excluding carboxylic acids is 1. The fourth-order valence-corrected chi connectivity index (χ4v) is 2.17. The summed E-state index contributed by atoms with van der Waals surface area (Å²) in [5.74, 6) is 0.692. The molecule has 0 bridgehead atoms. The molecule has 1 aromatic rings. The Balaban J connectivity index is 1.79. The number of rotatable bonds is 5. The first kappa shape index (κ1) is 13.8. The fourth-order valence-electron chi connectivity index (χ4n) is 2.17. The lowest BCUT2D eigenvalue weighted by Crippen LogP contribution is -2.38. The van der Waals surface area contributed by atoms with Crippen LogP contribution in [0.1, 0.15) is 25.0 Å². The van der Waals surface area contributed by atoms with Gasteiger partial charge in [-0.15, -0.1) is 0 Å². The molecule has 1 aromatic heterocycles. The Labute approximate surface area is 113 Å². The Morgan fingerprint density at radius 3 is 2.74 bits per heavy atom. The summed E-state index contributed by atoms with van der Waals surface area (Å²) in [7, 11) is 0. The van der Waals surface area contributed by atoms with Crippen molar-refractivity contribution in [3.05, 3.63) is 24.0 Å². The van der Waals surface area contributed by atoms with Crippen molar-refractivity contribution in [2.75, 3.05) is 26.2 Å². The molecule has 2 N–H and O–H groups in total. The monoisotopic (exact) mass is 263 g/mol. The highest BCUT2D eigenvalue weighted by Gasteiger charge is 2.16. The first-order valence-electron chi connectivity index (χ1n) is 6.85. The van der Waals surface area contributed by atoms with Crippen LogP contribution in [0.25, 0.3) is 0 Å². The second kappa shape index (κ2) is 7.09. The summed E-state index contributed by atoms with van der Waals surface area (Å²) in [5.41, 5.74) is 6.40. The summed E-state index contributed by atoms with van der Waals surface area (Å²) in [6.45, 7) is 2.39. The second-order valence-electron chi connectivity index (χ2n) is 4.75. The number of nitrogens with zero attached hydrogens (tertiary/aromatic N) is 2. The van der Waals surface area contributed by atoms with E-state index in [2.05, 4.69) is 4.98 Å². The van der Waals surface area contributed by atoms with E-state index in [4.69, 9.17) is 10.5 Å². The molecule has 0 saturated carbocycles. The van der Waals surface area contributed by atoms with Gasteiger partial charge in [0.05, 0.1) is 6.20 Å². The molecular weight excluding hydrogens is 242 g/mol. The Morgan fingerprint density at radius 1 is 1.32 bits per heavy atom. The number of ether oxygens (including phenoxy) is 1. The molecule has 104 valence electrons. The van der Waals surface area contributed by atoms with Gasteiger partial charge < -0.3 is 15.4 Å². The van der Waals surface area contributed by atoms with Crippen molar-refractivity contribution in [1.29, 1.82) is 0 Å². The van der Waals surface area contributed by atoms with E-state index < -0.39 is 0 Å². The van der Waals surface area contributed by atoms with Crippen molar-refractivity contribution < 1.29 is 9.53 Å². The third-order valence-electron chi connectivity index (χ3n) is 3.27. The number of hydrogen-bond donors (Lipinski definition) is 1. The van der Waals surface area contributed by atoms with E-state index in [1.165, 1.54) is 6.42 Å². The summed E-state index contributed by atoms with van der Waals surface area (Å²) < 4.78 is 5.47. The number of hydrogen-bond acceptors (Lipinski definition) is 4. The SMILES string of the molecule is NCCc1ccc(OCC(=O)N2CCCCC2)cn1. The van der Waals surface area contributed by atoms with Crippen LogP contribution in [0, 0.1) is 0 Å². The number of likely N-dealkylation sites (tertiary alicyclic amines) is 1. The Hall–Kier alpha value is -1.62. The average molecular weight is 263 g/mol. The van der Waals surface area contributed by atoms with Crippen LogP contribution in [0.3, 0.4) is 0 Å². The van der Waals surface area contributed by atoms with Gasteiger partial charge in [-0.3, -0.25) is 9.78 Å². The van der Waals surface area contributed by atoms with Crippen LogP contribution in [0.5, 0.6) is 5.75 Å². The maximum Gasteiger partial charge on any atom is 0.260 e. The van der Waals surface area contributed by atoms with Crippen molar-refractivity contribution in [3.63, 3.8) is 0 Å². The number of amides is 1. The largest absolute Gasteiger partial charge is 0.482 e. The molecule has 0 unspecified atom stereocenters. The molecular formula is C14H21N3O2. The molecule has 1 saturated heterocycles. The molecule has 1 aliphatic heterocycles. The van der Waals surface area contributed by atoms with Gasteiger partial charge >= 0.3 is 0 Å². The zero-order chi connectivity index (χ0) is 13.5. The van der Waals surface area contributed by atoms with Gasteiger partial charge in [-0.25, -0.2) is 0 Å². The number of piperidine rings is 1. The summed E-state index contributed by atoms with van der Waals surface area (Å²) in [6, 6.07) is 3.72. The van der Waals surface area contributed by atoms with Gasteiger partial charge in [0, 0.05) is 25.2 Å². The molecule has 1 fully saturated rings.